The van der Waals surface area contributed by atoms with Gasteiger partial charge in [0.1, 0.15) is 5.82 Å². The monoisotopic (exact) mass is 294 g/mol. The van der Waals surface area contributed by atoms with E-state index in [0.29, 0.717) is 10.0 Å². The second-order valence-corrected chi connectivity index (χ2v) is 5.41. The van der Waals surface area contributed by atoms with Crippen molar-refractivity contribution >= 4 is 34.5 Å². The van der Waals surface area contributed by atoms with Gasteiger partial charge in [-0.25, -0.2) is 4.98 Å². The van der Waals surface area contributed by atoms with Crippen LogP contribution in [0.5, 0.6) is 0 Å². The van der Waals surface area contributed by atoms with Crippen LogP contribution in [0.15, 0.2) is 41.2 Å². The summed E-state index contributed by atoms with van der Waals surface area (Å²) in [7, 11) is 0. The number of aromatic amines is 1. The highest BCUT2D eigenvalue weighted by atomic mass is 35.5. The first-order chi connectivity index (χ1) is 8.74. The third kappa shape index (κ3) is 2.17. The molecular weight excluding hydrogens is 287 g/mol. The molecule has 1 N–H and O–H groups in total. The largest absolute Gasteiger partial charge is 0.338 e. The number of imidazole rings is 1. The van der Waals surface area contributed by atoms with Gasteiger partial charge in [-0.05, 0) is 29.6 Å². The number of aromatic nitrogens is 2. The molecule has 0 saturated carbocycles. The first-order valence-electron chi connectivity index (χ1n) is 5.27. The average molecular weight is 295 g/mol. The lowest BCUT2D eigenvalue weighted by Crippen LogP contribution is -1.80. The number of rotatable bonds is 2. The number of benzene rings is 1. The van der Waals surface area contributed by atoms with Crippen molar-refractivity contribution in [1.82, 2.24) is 9.97 Å². The predicted molar refractivity (Wildman–Crippen MR) is 77.4 cm³/mol. The van der Waals surface area contributed by atoms with Crippen molar-refractivity contribution in [2.45, 2.75) is 0 Å². The van der Waals surface area contributed by atoms with Crippen LogP contribution in [0, 0.1) is 0 Å². The fourth-order valence-electron chi connectivity index (χ4n) is 1.71. The predicted octanol–water partition coefficient (Wildman–Crippen LogP) is 5.11. The molecule has 3 rings (SSSR count). The van der Waals surface area contributed by atoms with E-state index in [1.807, 2.05) is 29.0 Å². The Balaban J connectivity index is 2.03. The molecule has 0 unspecified atom stereocenters. The molecular formula is C13H8Cl2N2S. The SMILES string of the molecule is Clc1ccc(-c2cnc(-c3ccsc3)[nH]2)c(Cl)c1. The molecule has 0 aliphatic carbocycles. The molecule has 0 radical (unpaired) electrons. The van der Waals surface area contributed by atoms with E-state index in [0.717, 1.165) is 22.6 Å². The topological polar surface area (TPSA) is 28.7 Å². The summed E-state index contributed by atoms with van der Waals surface area (Å²) in [5, 5.41) is 5.31. The summed E-state index contributed by atoms with van der Waals surface area (Å²) in [4.78, 5) is 7.62. The third-order valence-electron chi connectivity index (χ3n) is 2.59. The number of nitrogens with one attached hydrogen (secondary N) is 1. The molecule has 0 saturated heterocycles. The van der Waals surface area contributed by atoms with Crippen LogP contribution in [0.2, 0.25) is 10.0 Å². The fourth-order valence-corrected chi connectivity index (χ4v) is 2.86. The van der Waals surface area contributed by atoms with Gasteiger partial charge in [0.15, 0.2) is 0 Å². The minimum Gasteiger partial charge on any atom is -0.338 e. The minimum absolute atomic E-state index is 0.614. The molecule has 0 amide bonds. The summed E-state index contributed by atoms with van der Waals surface area (Å²) in [6, 6.07) is 7.45. The van der Waals surface area contributed by atoms with Gasteiger partial charge in [-0.3, -0.25) is 0 Å². The van der Waals surface area contributed by atoms with E-state index in [9.17, 15) is 0 Å². The zero-order valence-corrected chi connectivity index (χ0v) is 11.5. The van der Waals surface area contributed by atoms with Gasteiger partial charge in [0.05, 0.1) is 16.9 Å². The molecule has 1 aromatic carbocycles. The Kier molecular flexibility index (Phi) is 3.12. The standard InChI is InChI=1S/C13H8Cl2N2S/c14-9-1-2-10(11(15)5-9)12-6-16-13(17-12)8-3-4-18-7-8/h1-7H,(H,16,17). The van der Waals surface area contributed by atoms with Crippen molar-refractivity contribution in [2.75, 3.05) is 0 Å². The van der Waals surface area contributed by atoms with Crippen LogP contribution >= 0.6 is 34.5 Å². The van der Waals surface area contributed by atoms with Gasteiger partial charge in [-0.15, -0.1) is 0 Å². The van der Waals surface area contributed by atoms with Crippen LogP contribution < -0.4 is 0 Å². The van der Waals surface area contributed by atoms with E-state index < -0.39 is 0 Å². The molecule has 5 heteroatoms. The van der Waals surface area contributed by atoms with Crippen molar-refractivity contribution in [3.8, 4) is 22.6 Å². The number of H-pyrrole nitrogens is 1. The number of thiophene rings is 1. The van der Waals surface area contributed by atoms with E-state index in [1.165, 1.54) is 0 Å². The number of halogens is 2. The van der Waals surface area contributed by atoms with Crippen LogP contribution in [-0.4, -0.2) is 9.97 Å². The Morgan fingerprint density at radius 2 is 2.06 bits per heavy atom. The van der Waals surface area contributed by atoms with E-state index in [-0.39, 0.29) is 0 Å². The maximum Gasteiger partial charge on any atom is 0.138 e. The molecule has 0 atom stereocenters. The summed E-state index contributed by atoms with van der Waals surface area (Å²) in [5.74, 6) is 0.845. The zero-order chi connectivity index (χ0) is 12.5. The Labute approximate surface area is 118 Å². The van der Waals surface area contributed by atoms with Gasteiger partial charge in [-0.2, -0.15) is 11.3 Å². The number of nitrogens with zero attached hydrogens (tertiary/aromatic N) is 1. The van der Waals surface area contributed by atoms with Crippen molar-refractivity contribution in [3.63, 3.8) is 0 Å². The van der Waals surface area contributed by atoms with Gasteiger partial charge >= 0.3 is 0 Å². The van der Waals surface area contributed by atoms with Gasteiger partial charge < -0.3 is 4.98 Å². The Morgan fingerprint density at radius 3 is 2.78 bits per heavy atom. The molecule has 2 heterocycles. The molecule has 2 nitrogen and oxygen atoms in total. The number of hydrogen-bond acceptors (Lipinski definition) is 2. The lowest BCUT2D eigenvalue weighted by Gasteiger charge is -2.01. The molecule has 0 aliphatic heterocycles. The van der Waals surface area contributed by atoms with E-state index in [1.54, 1.807) is 23.6 Å². The first-order valence-corrected chi connectivity index (χ1v) is 6.97. The van der Waals surface area contributed by atoms with Crippen molar-refractivity contribution in [3.05, 3.63) is 51.3 Å². The van der Waals surface area contributed by atoms with E-state index in [2.05, 4.69) is 9.97 Å². The number of hydrogen-bond donors (Lipinski definition) is 1. The van der Waals surface area contributed by atoms with Crippen molar-refractivity contribution in [2.24, 2.45) is 0 Å². The molecule has 0 spiro atoms. The van der Waals surface area contributed by atoms with Crippen LogP contribution in [0.4, 0.5) is 0 Å². The highest BCUT2D eigenvalue weighted by molar-refractivity contribution is 7.08. The van der Waals surface area contributed by atoms with Crippen molar-refractivity contribution in [1.29, 1.82) is 0 Å². The maximum absolute atomic E-state index is 6.17. The summed E-state index contributed by atoms with van der Waals surface area (Å²) in [6.45, 7) is 0. The zero-order valence-electron chi connectivity index (χ0n) is 9.15. The highest BCUT2D eigenvalue weighted by Gasteiger charge is 2.09. The normalized spacial score (nSPS) is 10.8. The minimum atomic E-state index is 0.614. The smallest absolute Gasteiger partial charge is 0.138 e. The molecule has 3 aromatic rings. The van der Waals surface area contributed by atoms with Crippen LogP contribution in [0.1, 0.15) is 0 Å². The molecule has 0 aliphatic rings. The second-order valence-electron chi connectivity index (χ2n) is 3.78. The van der Waals surface area contributed by atoms with Gasteiger partial charge in [0.2, 0.25) is 0 Å². The first kappa shape index (κ1) is 11.8. The van der Waals surface area contributed by atoms with Gasteiger partial charge in [0, 0.05) is 21.5 Å². The van der Waals surface area contributed by atoms with E-state index in [4.69, 9.17) is 23.2 Å². The van der Waals surface area contributed by atoms with Crippen LogP contribution in [-0.2, 0) is 0 Å². The summed E-state index contributed by atoms with van der Waals surface area (Å²) in [5.41, 5.74) is 2.87. The molecule has 18 heavy (non-hydrogen) atoms. The van der Waals surface area contributed by atoms with E-state index >= 15 is 0 Å². The van der Waals surface area contributed by atoms with Gasteiger partial charge in [0.25, 0.3) is 0 Å². The second kappa shape index (κ2) is 4.76. The molecule has 0 fully saturated rings. The van der Waals surface area contributed by atoms with Crippen molar-refractivity contribution < 1.29 is 0 Å². The quantitative estimate of drug-likeness (QED) is 0.699. The lowest BCUT2D eigenvalue weighted by atomic mass is 10.2. The molecule has 90 valence electrons. The summed E-state index contributed by atoms with van der Waals surface area (Å²) in [6.07, 6.45) is 1.78. The Bertz CT molecular complexity index is 674. The maximum atomic E-state index is 6.17. The van der Waals surface area contributed by atoms with Crippen LogP contribution in [0.3, 0.4) is 0 Å². The van der Waals surface area contributed by atoms with Crippen LogP contribution in [0.25, 0.3) is 22.6 Å². The Morgan fingerprint density at radius 1 is 1.17 bits per heavy atom. The summed E-state index contributed by atoms with van der Waals surface area (Å²) >= 11 is 13.7. The third-order valence-corrected chi connectivity index (χ3v) is 3.82. The Hall–Kier alpha value is -1.29. The lowest BCUT2D eigenvalue weighted by molar-refractivity contribution is 1.32. The fraction of sp³-hybridized carbons (Fsp3) is 0. The molecule has 0 bridgehead atoms. The highest BCUT2D eigenvalue weighted by Crippen LogP contribution is 2.30. The summed E-state index contributed by atoms with van der Waals surface area (Å²) < 4.78 is 0. The average Bonchev–Trinajstić information content (AvgIpc) is 2.99. The van der Waals surface area contributed by atoms with Gasteiger partial charge in [-0.1, -0.05) is 23.2 Å². The molecule has 2 aromatic heterocycles.